The normalized spacial score (nSPS) is 10.5. The summed E-state index contributed by atoms with van der Waals surface area (Å²) in [7, 11) is 4.90. The molecule has 0 aliphatic heterocycles. The van der Waals surface area contributed by atoms with Crippen molar-refractivity contribution < 1.29 is 9.53 Å². The molecular weight excluding hydrogens is 220 g/mol. The molecule has 2 heterocycles. The van der Waals surface area contributed by atoms with Crippen LogP contribution in [0.1, 0.15) is 10.5 Å². The lowest BCUT2D eigenvalue weighted by Gasteiger charge is -1.98. The number of esters is 1. The number of carbonyl (C=O) groups excluding carboxylic acids is 1. The Morgan fingerprint density at radius 1 is 1.41 bits per heavy atom. The molecule has 0 spiro atoms. The summed E-state index contributed by atoms with van der Waals surface area (Å²) in [6.07, 6.45) is 1.81. The van der Waals surface area contributed by atoms with Crippen molar-refractivity contribution in [3.8, 4) is 11.3 Å². The third-order valence-corrected chi connectivity index (χ3v) is 2.61. The van der Waals surface area contributed by atoms with Gasteiger partial charge in [-0.1, -0.05) is 0 Å². The maximum Gasteiger partial charge on any atom is 0.354 e. The second kappa shape index (κ2) is 3.97. The van der Waals surface area contributed by atoms with E-state index in [1.54, 1.807) is 35.5 Å². The predicted molar refractivity (Wildman–Crippen MR) is 63.4 cm³/mol. The summed E-state index contributed by atoms with van der Waals surface area (Å²) < 4.78 is 7.97. The lowest BCUT2D eigenvalue weighted by molar-refractivity contribution is 0.0590. The molecular formula is C11H14N4O2. The minimum Gasteiger partial charge on any atom is -0.464 e. The maximum absolute atomic E-state index is 11.5. The van der Waals surface area contributed by atoms with Crippen molar-refractivity contribution in [3.63, 3.8) is 0 Å². The third-order valence-electron chi connectivity index (χ3n) is 2.61. The number of nitrogen functional groups attached to an aromatic ring is 1. The zero-order valence-corrected chi connectivity index (χ0v) is 9.97. The lowest BCUT2D eigenvalue weighted by Crippen LogP contribution is -2.06. The molecule has 0 bridgehead atoms. The number of methoxy groups -OCH3 is 1. The SMILES string of the molecule is COC(=O)c1cc(-c2cc(N)n(C)n2)cn1C. The van der Waals surface area contributed by atoms with Crippen molar-refractivity contribution in [2.45, 2.75) is 0 Å². The summed E-state index contributed by atoms with van der Waals surface area (Å²) in [5.41, 5.74) is 7.75. The summed E-state index contributed by atoms with van der Waals surface area (Å²) in [6.45, 7) is 0. The molecule has 90 valence electrons. The van der Waals surface area contributed by atoms with Gasteiger partial charge in [0.2, 0.25) is 0 Å². The van der Waals surface area contributed by atoms with Gasteiger partial charge in [0.05, 0.1) is 12.8 Å². The quantitative estimate of drug-likeness (QED) is 0.780. The number of rotatable bonds is 2. The zero-order chi connectivity index (χ0) is 12.6. The molecule has 0 amide bonds. The highest BCUT2D eigenvalue weighted by atomic mass is 16.5. The number of aromatic nitrogens is 3. The van der Waals surface area contributed by atoms with Gasteiger partial charge in [0, 0.05) is 31.9 Å². The Kier molecular flexibility index (Phi) is 2.63. The summed E-state index contributed by atoms with van der Waals surface area (Å²) in [6, 6.07) is 3.49. The van der Waals surface area contributed by atoms with Crippen LogP contribution in [-0.2, 0) is 18.8 Å². The molecule has 0 aliphatic rings. The first-order valence-electron chi connectivity index (χ1n) is 5.07. The van der Waals surface area contributed by atoms with Crippen LogP contribution in [0.15, 0.2) is 18.3 Å². The number of ether oxygens (including phenoxy) is 1. The van der Waals surface area contributed by atoms with Gasteiger partial charge in [0.15, 0.2) is 0 Å². The van der Waals surface area contributed by atoms with Crippen molar-refractivity contribution in [2.75, 3.05) is 12.8 Å². The Balaban J connectivity index is 2.44. The van der Waals surface area contributed by atoms with Crippen molar-refractivity contribution in [2.24, 2.45) is 14.1 Å². The Labute approximate surface area is 98.6 Å². The predicted octanol–water partition coefficient (Wildman–Crippen LogP) is 0.794. The second-order valence-corrected chi connectivity index (χ2v) is 3.79. The van der Waals surface area contributed by atoms with E-state index in [9.17, 15) is 4.79 Å². The zero-order valence-electron chi connectivity index (χ0n) is 9.97. The Bertz CT molecular complexity index is 549. The molecule has 0 aromatic carbocycles. The molecule has 17 heavy (non-hydrogen) atoms. The third kappa shape index (κ3) is 1.89. The number of hydrogen-bond acceptors (Lipinski definition) is 4. The van der Waals surface area contributed by atoms with E-state index in [4.69, 9.17) is 5.73 Å². The van der Waals surface area contributed by atoms with Crippen molar-refractivity contribution in [3.05, 3.63) is 24.0 Å². The highest BCUT2D eigenvalue weighted by molar-refractivity contribution is 5.89. The number of carbonyl (C=O) groups is 1. The van der Waals surface area contributed by atoms with Crippen LogP contribution in [0, 0.1) is 0 Å². The van der Waals surface area contributed by atoms with Crippen LogP contribution in [0.25, 0.3) is 11.3 Å². The first kappa shape index (κ1) is 11.3. The largest absolute Gasteiger partial charge is 0.464 e. The van der Waals surface area contributed by atoms with E-state index in [1.807, 2.05) is 6.20 Å². The average molecular weight is 234 g/mol. The molecule has 0 aliphatic carbocycles. The topological polar surface area (TPSA) is 75.1 Å². The number of aryl methyl sites for hydroxylation is 2. The van der Waals surface area contributed by atoms with Crippen molar-refractivity contribution >= 4 is 11.8 Å². The Morgan fingerprint density at radius 3 is 2.65 bits per heavy atom. The molecule has 0 unspecified atom stereocenters. The molecule has 0 saturated carbocycles. The van der Waals surface area contributed by atoms with Crippen molar-refractivity contribution in [1.82, 2.24) is 14.3 Å². The fourth-order valence-corrected chi connectivity index (χ4v) is 1.63. The van der Waals surface area contributed by atoms with Crippen LogP contribution >= 0.6 is 0 Å². The van der Waals surface area contributed by atoms with Gasteiger partial charge in [-0.15, -0.1) is 0 Å². The molecule has 0 radical (unpaired) electrons. The summed E-state index contributed by atoms with van der Waals surface area (Å²) in [5.74, 6) is 0.200. The molecule has 0 saturated heterocycles. The van der Waals surface area contributed by atoms with Gasteiger partial charge in [-0.25, -0.2) is 4.79 Å². The second-order valence-electron chi connectivity index (χ2n) is 3.79. The van der Waals surface area contributed by atoms with E-state index < -0.39 is 0 Å². The molecule has 6 nitrogen and oxygen atoms in total. The smallest absolute Gasteiger partial charge is 0.354 e. The van der Waals surface area contributed by atoms with E-state index in [1.165, 1.54) is 7.11 Å². The molecule has 6 heteroatoms. The fourth-order valence-electron chi connectivity index (χ4n) is 1.63. The van der Waals surface area contributed by atoms with Crippen LogP contribution in [0.4, 0.5) is 5.82 Å². The molecule has 2 aromatic heterocycles. The lowest BCUT2D eigenvalue weighted by atomic mass is 10.2. The number of hydrogen-bond donors (Lipinski definition) is 1. The van der Waals surface area contributed by atoms with E-state index in [0.717, 1.165) is 11.3 Å². The summed E-state index contributed by atoms with van der Waals surface area (Å²) >= 11 is 0. The Hall–Kier alpha value is -2.24. The maximum atomic E-state index is 11.5. The van der Waals surface area contributed by atoms with Crippen LogP contribution in [0.5, 0.6) is 0 Å². The number of nitrogens with two attached hydrogens (primary N) is 1. The summed E-state index contributed by atoms with van der Waals surface area (Å²) in [5, 5.41) is 4.25. The van der Waals surface area contributed by atoms with E-state index in [2.05, 4.69) is 9.84 Å². The average Bonchev–Trinajstić information content (AvgIpc) is 2.82. The van der Waals surface area contributed by atoms with Crippen molar-refractivity contribution in [1.29, 1.82) is 0 Å². The van der Waals surface area contributed by atoms with E-state index >= 15 is 0 Å². The van der Waals surface area contributed by atoms with Gasteiger partial charge in [-0.05, 0) is 6.07 Å². The summed E-state index contributed by atoms with van der Waals surface area (Å²) in [4.78, 5) is 11.5. The fraction of sp³-hybridized carbons (Fsp3) is 0.273. The van der Waals surface area contributed by atoms with Gasteiger partial charge < -0.3 is 15.0 Å². The Morgan fingerprint density at radius 2 is 2.12 bits per heavy atom. The number of anilines is 1. The van der Waals surface area contributed by atoms with Gasteiger partial charge in [0.25, 0.3) is 0 Å². The van der Waals surface area contributed by atoms with Gasteiger partial charge in [0.1, 0.15) is 11.5 Å². The standard InChI is InChI=1S/C11H14N4O2/c1-14-6-7(4-9(14)11(16)17-3)8-5-10(12)15(2)13-8/h4-6H,12H2,1-3H3. The van der Waals surface area contributed by atoms with Crippen LogP contribution < -0.4 is 5.73 Å². The van der Waals surface area contributed by atoms with Gasteiger partial charge in [-0.2, -0.15) is 5.10 Å². The van der Waals surface area contributed by atoms with E-state index in [-0.39, 0.29) is 5.97 Å². The first-order chi connectivity index (χ1) is 8.02. The van der Waals surface area contributed by atoms with Crippen LogP contribution in [-0.4, -0.2) is 27.4 Å². The minimum absolute atomic E-state index is 0.373. The molecule has 2 rings (SSSR count). The first-order valence-corrected chi connectivity index (χ1v) is 5.07. The molecule has 0 atom stereocenters. The molecule has 2 N–H and O–H groups in total. The minimum atomic E-state index is -0.373. The molecule has 0 fully saturated rings. The highest BCUT2D eigenvalue weighted by Gasteiger charge is 2.14. The number of nitrogens with zero attached hydrogens (tertiary/aromatic N) is 3. The molecule has 2 aromatic rings. The van der Waals surface area contributed by atoms with Crippen LogP contribution in [0.3, 0.4) is 0 Å². The van der Waals surface area contributed by atoms with Crippen LogP contribution in [0.2, 0.25) is 0 Å². The van der Waals surface area contributed by atoms with Gasteiger partial charge >= 0.3 is 5.97 Å². The highest BCUT2D eigenvalue weighted by Crippen LogP contribution is 2.22. The van der Waals surface area contributed by atoms with Gasteiger partial charge in [-0.3, -0.25) is 4.68 Å². The van der Waals surface area contributed by atoms with E-state index in [0.29, 0.717) is 11.5 Å². The monoisotopic (exact) mass is 234 g/mol.